The zero-order chi connectivity index (χ0) is 43.0. The summed E-state index contributed by atoms with van der Waals surface area (Å²) in [6.07, 6.45) is 2.54. The van der Waals surface area contributed by atoms with Gasteiger partial charge in [-0.25, -0.2) is 23.2 Å². The second-order valence-electron chi connectivity index (χ2n) is 18.0. The van der Waals surface area contributed by atoms with Crippen LogP contribution in [0, 0.1) is 11.8 Å². The molecule has 2 aromatic rings. The van der Waals surface area contributed by atoms with Crippen LogP contribution in [0.1, 0.15) is 109 Å². The van der Waals surface area contributed by atoms with Gasteiger partial charge in [0.25, 0.3) is 5.91 Å². The fraction of sp³-hybridized carbons (Fsp3) is 0.659. The highest BCUT2D eigenvalue weighted by atomic mass is 32.2. The number of hydrogen-bond acceptors (Lipinski definition) is 11. The zero-order valence-electron chi connectivity index (χ0n) is 34.1. The van der Waals surface area contributed by atoms with Gasteiger partial charge in [0.05, 0.1) is 29.4 Å². The van der Waals surface area contributed by atoms with E-state index in [2.05, 4.69) is 25.3 Å². The van der Waals surface area contributed by atoms with Crippen LogP contribution in [-0.2, 0) is 41.7 Å². The second-order valence-corrected chi connectivity index (χ2v) is 20.2. The van der Waals surface area contributed by atoms with E-state index in [-0.39, 0.29) is 67.0 Å². The van der Waals surface area contributed by atoms with E-state index in [1.165, 1.54) is 31.1 Å². The third-order valence-corrected chi connectivity index (χ3v) is 15.6. The predicted molar refractivity (Wildman–Crippen MR) is 209 cm³/mol. The Morgan fingerprint density at radius 3 is 2.47 bits per heavy atom. The molecule has 1 spiro atoms. The first-order valence-corrected chi connectivity index (χ1v) is 22.2. The maximum atomic E-state index is 14.8. The van der Waals surface area contributed by atoms with Crippen molar-refractivity contribution < 1.29 is 55.0 Å². The van der Waals surface area contributed by atoms with E-state index < -0.39 is 90.9 Å². The van der Waals surface area contributed by atoms with E-state index in [1.54, 1.807) is 6.08 Å². The molecule has 5 heterocycles. The fourth-order valence-corrected chi connectivity index (χ4v) is 10.3. The number of aromatic nitrogens is 2. The smallest absolute Gasteiger partial charge is 0.437 e. The average molecular weight is 861 g/mol. The van der Waals surface area contributed by atoms with Crippen LogP contribution in [0.25, 0.3) is 11.0 Å². The topological polar surface area (TPSA) is 195 Å². The van der Waals surface area contributed by atoms with Crippen molar-refractivity contribution in [1.29, 1.82) is 0 Å². The quantitative estimate of drug-likeness (QED) is 0.317. The van der Waals surface area contributed by atoms with Crippen LogP contribution < -0.4 is 24.8 Å². The molecule has 15 nitrogen and oxygen atoms in total. The van der Waals surface area contributed by atoms with Gasteiger partial charge < -0.3 is 29.7 Å². The van der Waals surface area contributed by atoms with Gasteiger partial charge in [-0.1, -0.05) is 38.8 Å². The molecule has 4 amide bonds. The number of pyridine rings is 2. The number of alkyl carbamates (subject to hydrolysis) is 1. The highest BCUT2D eigenvalue weighted by Gasteiger charge is 2.64. The Morgan fingerprint density at radius 1 is 1.05 bits per heavy atom. The molecule has 3 aliphatic carbocycles. The van der Waals surface area contributed by atoms with Crippen molar-refractivity contribution in [2.45, 2.75) is 144 Å². The Morgan fingerprint density at radius 2 is 1.80 bits per heavy atom. The standard InChI is InChI=1S/C41H51F3N6O9S/c1-23(2)39(18-19-39)59-36(54)46-27-11-9-7-5-6-8-10-24-20-40(24,35(53)49-60(55,56)37(3)16-17-37)48-33(51)28-21-38(22-50(28)34(27)52)15-14-25-30-26(12-13-29(47-30)57-4)45-32(31(25)58-38)41(42,43)44/h8,10,12-13,23-24,27-28H,5-7,9,11,14-22H2,1-4H3,(H,46,54)(H,48,51)(H,49,53)/b10-8-/t24-,27+,28+,38-,40?/m1/s1. The molecule has 19 heteroatoms. The van der Waals surface area contributed by atoms with Crippen LogP contribution in [0.3, 0.4) is 0 Å². The number of rotatable bonds is 7. The number of carbonyl (C=O) groups is 4. The van der Waals surface area contributed by atoms with Crippen molar-refractivity contribution in [3.8, 4) is 11.6 Å². The number of alkyl halides is 3. The Kier molecular flexibility index (Phi) is 10.3. The number of aryl methyl sites for hydroxylation is 1. The number of nitrogens with zero attached hydrogens (tertiary/aromatic N) is 3. The van der Waals surface area contributed by atoms with Crippen molar-refractivity contribution in [3.63, 3.8) is 0 Å². The zero-order valence-corrected chi connectivity index (χ0v) is 34.9. The summed E-state index contributed by atoms with van der Waals surface area (Å²) in [7, 11) is -2.72. The molecule has 2 aromatic heterocycles. The van der Waals surface area contributed by atoms with Crippen LogP contribution in [0.2, 0.25) is 0 Å². The number of fused-ring (bicyclic) bond motifs is 5. The normalized spacial score (nSPS) is 30.1. The number of amides is 4. The number of halogens is 3. The van der Waals surface area contributed by atoms with Crippen LogP contribution in [0.4, 0.5) is 18.0 Å². The Bertz CT molecular complexity index is 2260. The minimum atomic E-state index is -4.96. The van der Waals surface area contributed by atoms with Crippen molar-refractivity contribution in [2.24, 2.45) is 11.8 Å². The average Bonchev–Trinajstić information content (AvgIpc) is 4.14. The molecule has 3 aliphatic heterocycles. The molecule has 1 saturated heterocycles. The number of ether oxygens (including phenoxy) is 3. The monoisotopic (exact) mass is 860 g/mol. The van der Waals surface area contributed by atoms with Gasteiger partial charge in [0.1, 0.15) is 28.8 Å². The molecular formula is C41H51F3N6O9S. The minimum absolute atomic E-state index is 0.00903. The number of nitrogens with one attached hydrogen (secondary N) is 3. The molecule has 3 N–H and O–H groups in total. The first kappa shape index (κ1) is 42.0. The van der Waals surface area contributed by atoms with E-state index in [4.69, 9.17) is 14.2 Å². The third-order valence-electron chi connectivity index (χ3n) is 13.5. The van der Waals surface area contributed by atoms with Gasteiger partial charge in [-0.2, -0.15) is 13.2 Å². The maximum Gasteiger partial charge on any atom is 0.437 e. The summed E-state index contributed by atoms with van der Waals surface area (Å²) >= 11 is 0. The largest absolute Gasteiger partial charge is 0.483 e. The van der Waals surface area contributed by atoms with Crippen LogP contribution >= 0.6 is 0 Å². The third kappa shape index (κ3) is 7.63. The van der Waals surface area contributed by atoms with E-state index in [9.17, 15) is 40.8 Å². The SMILES string of the molecule is COc1ccc2nc(C(F)(F)F)c3c(c2n1)CC[C@]1(C[C@H]2C(=O)NC4(C(=O)NS(=O)(=O)C5(C)CC5)C[C@H]4/C=C\CCCCC[C@H](NC(=O)OC4(C(C)C)CC4)C(=O)N2C1)O3. The molecule has 0 bridgehead atoms. The molecule has 6 aliphatic rings. The van der Waals surface area contributed by atoms with Gasteiger partial charge in [0, 0.05) is 24.0 Å². The van der Waals surface area contributed by atoms with Crippen molar-refractivity contribution in [3.05, 3.63) is 35.5 Å². The van der Waals surface area contributed by atoms with Gasteiger partial charge in [0.15, 0.2) is 11.4 Å². The highest BCUT2D eigenvalue weighted by Crippen LogP contribution is 2.51. The number of sulfonamides is 1. The van der Waals surface area contributed by atoms with Crippen LogP contribution in [-0.4, -0.2) is 94.3 Å². The molecular weight excluding hydrogens is 810 g/mol. The van der Waals surface area contributed by atoms with Crippen LogP contribution in [0.15, 0.2) is 24.3 Å². The van der Waals surface area contributed by atoms with Crippen LogP contribution in [0.5, 0.6) is 11.6 Å². The Labute approximate surface area is 346 Å². The molecule has 3 saturated carbocycles. The summed E-state index contributed by atoms with van der Waals surface area (Å²) in [5, 5.41) is 5.55. The van der Waals surface area contributed by atoms with E-state index in [0.717, 1.165) is 0 Å². The lowest BCUT2D eigenvalue weighted by Crippen LogP contribution is -2.58. The van der Waals surface area contributed by atoms with Crippen molar-refractivity contribution in [2.75, 3.05) is 13.7 Å². The summed E-state index contributed by atoms with van der Waals surface area (Å²) in [5.74, 6) is -3.35. The molecule has 8 rings (SSSR count). The number of allylic oxidation sites excluding steroid dienone is 1. The maximum absolute atomic E-state index is 14.8. The number of methoxy groups -OCH3 is 1. The summed E-state index contributed by atoms with van der Waals surface area (Å²) < 4.78 is 89.3. The van der Waals surface area contributed by atoms with Gasteiger partial charge in [-0.05, 0) is 83.1 Å². The second kappa shape index (κ2) is 14.8. The predicted octanol–water partition coefficient (Wildman–Crippen LogP) is 5.00. The Balaban J connectivity index is 1.16. The van der Waals surface area contributed by atoms with Gasteiger partial charge >= 0.3 is 12.3 Å². The fourth-order valence-electron chi connectivity index (χ4n) is 8.95. The highest BCUT2D eigenvalue weighted by molar-refractivity contribution is 7.91. The number of carbonyl (C=O) groups excluding carboxylic acids is 4. The first-order chi connectivity index (χ1) is 28.2. The molecule has 0 radical (unpaired) electrons. The van der Waals surface area contributed by atoms with E-state index in [1.807, 2.05) is 19.9 Å². The lowest BCUT2D eigenvalue weighted by molar-refractivity contribution is -0.144. The van der Waals surface area contributed by atoms with Crippen molar-refractivity contribution in [1.82, 2.24) is 30.2 Å². The molecule has 5 atom stereocenters. The molecule has 326 valence electrons. The summed E-state index contributed by atoms with van der Waals surface area (Å²) in [6, 6.07) is 0.208. The van der Waals surface area contributed by atoms with Gasteiger partial charge in [0.2, 0.25) is 27.7 Å². The molecule has 0 aromatic carbocycles. The molecule has 1 unspecified atom stereocenters. The van der Waals surface area contributed by atoms with Gasteiger partial charge in [-0.3, -0.25) is 19.1 Å². The summed E-state index contributed by atoms with van der Waals surface area (Å²) in [4.78, 5) is 66.5. The van der Waals surface area contributed by atoms with Crippen molar-refractivity contribution >= 4 is 44.9 Å². The summed E-state index contributed by atoms with van der Waals surface area (Å²) in [6.45, 7) is 5.06. The Hall–Kier alpha value is -4.68. The minimum Gasteiger partial charge on any atom is -0.483 e. The van der Waals surface area contributed by atoms with E-state index >= 15 is 0 Å². The summed E-state index contributed by atoms with van der Waals surface area (Å²) in [5.41, 5.74) is -4.88. The van der Waals surface area contributed by atoms with E-state index in [0.29, 0.717) is 51.4 Å². The first-order valence-electron chi connectivity index (χ1n) is 20.7. The lowest BCUT2D eigenvalue weighted by atomic mass is 9.87. The lowest BCUT2D eigenvalue weighted by Gasteiger charge is -2.37. The molecule has 60 heavy (non-hydrogen) atoms. The van der Waals surface area contributed by atoms with Gasteiger partial charge in [-0.15, -0.1) is 0 Å². The molecule has 4 fully saturated rings. The number of hydrogen-bond donors (Lipinski definition) is 3.